The number of amides is 3. The van der Waals surface area contributed by atoms with E-state index in [1.54, 1.807) is 18.2 Å². The van der Waals surface area contributed by atoms with E-state index in [1.165, 1.54) is 16.7 Å². The number of aromatic amines is 1. The summed E-state index contributed by atoms with van der Waals surface area (Å²) < 4.78 is 5.88. The summed E-state index contributed by atoms with van der Waals surface area (Å²) in [4.78, 5) is 58.8. The van der Waals surface area contributed by atoms with Crippen molar-refractivity contribution in [1.29, 1.82) is 0 Å². The molecule has 3 aliphatic rings. The zero-order valence-electron chi connectivity index (χ0n) is 20.8. The van der Waals surface area contributed by atoms with Crippen LogP contribution in [0.1, 0.15) is 41.2 Å². The van der Waals surface area contributed by atoms with Crippen LogP contribution in [0.5, 0.6) is 5.75 Å². The first kappa shape index (κ1) is 24.9. The van der Waals surface area contributed by atoms with Gasteiger partial charge in [-0.25, -0.2) is 4.90 Å². The highest BCUT2D eigenvalue weighted by Crippen LogP contribution is 2.53. The molecule has 38 heavy (non-hydrogen) atoms. The summed E-state index contributed by atoms with van der Waals surface area (Å²) in [5, 5.41) is -0.0263. The number of nitrogens with one attached hydrogen (secondary N) is 1. The molecule has 8 nitrogen and oxygen atoms in total. The first-order valence-electron chi connectivity index (χ1n) is 12.8. The molecule has 2 saturated heterocycles. The van der Waals surface area contributed by atoms with E-state index in [4.69, 9.17) is 4.74 Å². The third-order valence-electron chi connectivity index (χ3n) is 7.40. The van der Waals surface area contributed by atoms with Gasteiger partial charge in [-0.2, -0.15) is 0 Å². The number of hydrogen-bond donors (Lipinski definition) is 1. The van der Waals surface area contributed by atoms with Gasteiger partial charge in [0.25, 0.3) is 5.91 Å². The van der Waals surface area contributed by atoms with Crippen LogP contribution in [0.4, 0.5) is 5.69 Å². The molecule has 0 radical (unpaired) electrons. The molecule has 3 atom stereocenters. The van der Waals surface area contributed by atoms with Crippen LogP contribution in [-0.4, -0.2) is 52.6 Å². The summed E-state index contributed by atoms with van der Waals surface area (Å²) in [6.45, 7) is 3.41. The Morgan fingerprint density at radius 2 is 1.79 bits per heavy atom. The van der Waals surface area contributed by atoms with Crippen LogP contribution in [0.25, 0.3) is 0 Å². The Balaban J connectivity index is 1.32. The molecule has 1 aromatic heterocycles. The first-order chi connectivity index (χ1) is 18.4. The van der Waals surface area contributed by atoms with E-state index >= 15 is 0 Å². The summed E-state index contributed by atoms with van der Waals surface area (Å²) in [5.41, 5.74) is 2.35. The van der Waals surface area contributed by atoms with Gasteiger partial charge in [-0.1, -0.05) is 52.9 Å². The number of imide groups is 1. The van der Waals surface area contributed by atoms with Gasteiger partial charge >= 0.3 is 4.87 Å². The van der Waals surface area contributed by atoms with Crippen molar-refractivity contribution in [3.8, 4) is 5.75 Å². The quantitative estimate of drug-likeness (QED) is 0.484. The number of anilines is 1. The van der Waals surface area contributed by atoms with Gasteiger partial charge < -0.3 is 14.6 Å². The van der Waals surface area contributed by atoms with E-state index in [9.17, 15) is 19.2 Å². The number of thioether (sulfide) groups is 1. The molecule has 3 unspecified atom stereocenters. The third-order valence-corrected chi connectivity index (χ3v) is 9.81. The smallest absolute Gasteiger partial charge is 0.305 e. The lowest BCUT2D eigenvalue weighted by molar-refractivity contribution is -0.134. The predicted molar refractivity (Wildman–Crippen MR) is 146 cm³/mol. The monoisotopic (exact) mass is 549 g/mol. The maximum absolute atomic E-state index is 13.8. The number of likely N-dealkylation sites (tertiary alicyclic amines) is 1. The number of piperidine rings is 1. The molecule has 3 amide bonds. The fourth-order valence-electron chi connectivity index (χ4n) is 5.50. The minimum Gasteiger partial charge on any atom is -0.484 e. The van der Waals surface area contributed by atoms with Crippen molar-refractivity contribution in [2.75, 3.05) is 24.6 Å². The topological polar surface area (TPSA) is 99.8 Å². The van der Waals surface area contributed by atoms with Crippen molar-refractivity contribution < 1.29 is 19.1 Å². The van der Waals surface area contributed by atoms with Gasteiger partial charge in [0.2, 0.25) is 11.8 Å². The minimum absolute atomic E-state index is 0.0410. The summed E-state index contributed by atoms with van der Waals surface area (Å²) in [5.74, 6) is -1.25. The van der Waals surface area contributed by atoms with E-state index < -0.39 is 17.1 Å². The number of aromatic nitrogens is 1. The maximum atomic E-state index is 13.8. The highest BCUT2D eigenvalue weighted by molar-refractivity contribution is 8.00. The first-order valence-corrected chi connectivity index (χ1v) is 14.4. The molecule has 3 aromatic rings. The number of hydrogen-bond acceptors (Lipinski definition) is 7. The Kier molecular flexibility index (Phi) is 6.61. The van der Waals surface area contributed by atoms with E-state index in [2.05, 4.69) is 4.98 Å². The number of nitrogens with zero attached hydrogens (tertiary/aromatic N) is 2. The van der Waals surface area contributed by atoms with Gasteiger partial charge in [0.05, 0.1) is 16.6 Å². The summed E-state index contributed by atoms with van der Waals surface area (Å²) in [6, 6.07) is 14.6. The number of ether oxygens (including phenoxy) is 1. The molecule has 1 N–H and O–H groups in total. The average molecular weight is 550 g/mol. The molecule has 0 bridgehead atoms. The maximum Gasteiger partial charge on any atom is 0.305 e. The number of H-pyrrole nitrogens is 1. The molecular weight excluding hydrogens is 522 g/mol. The molecule has 0 spiro atoms. The van der Waals surface area contributed by atoms with Crippen LogP contribution in [0.3, 0.4) is 0 Å². The van der Waals surface area contributed by atoms with Gasteiger partial charge in [-0.3, -0.25) is 19.2 Å². The number of fused-ring (bicyclic) bond motifs is 2. The SMILES string of the molecule is Cc1ccc(N2C(=O)C3Sc4[nH]c(=O)sc4C(c4cccc(OCC(=O)N5CCCCC5)c4)C3C2=O)cc1. The van der Waals surface area contributed by atoms with Gasteiger partial charge in [-0.15, -0.1) is 0 Å². The van der Waals surface area contributed by atoms with E-state index in [0.29, 0.717) is 16.5 Å². The standard InChI is InChI=1S/C28H27N3O5S2/c1-16-8-10-18(11-9-16)31-26(33)22-21(23-25(29-28(35)38-23)37-24(22)27(31)34)17-6-5-7-19(14-17)36-15-20(32)30-12-3-2-4-13-30/h5-11,14,21-22,24H,2-4,12-13,15H2,1H3,(H,29,35). The Morgan fingerprint density at radius 3 is 2.55 bits per heavy atom. The van der Waals surface area contributed by atoms with Crippen LogP contribution in [0, 0.1) is 12.8 Å². The number of rotatable bonds is 5. The Bertz CT molecular complexity index is 1460. The van der Waals surface area contributed by atoms with Crippen LogP contribution < -0.4 is 14.5 Å². The molecular formula is C28H27N3O5S2. The van der Waals surface area contributed by atoms with Crippen molar-refractivity contribution in [2.45, 2.75) is 42.4 Å². The van der Waals surface area contributed by atoms with Gasteiger partial charge in [-0.05, 0) is 56.0 Å². The second-order valence-corrected chi connectivity index (χ2v) is 12.1. The Labute approximate surface area is 228 Å². The van der Waals surface area contributed by atoms with E-state index in [1.807, 2.05) is 42.2 Å². The molecule has 2 aromatic carbocycles. The summed E-state index contributed by atoms with van der Waals surface area (Å²) in [7, 11) is 0. The van der Waals surface area contributed by atoms with Crippen molar-refractivity contribution in [2.24, 2.45) is 5.92 Å². The lowest BCUT2D eigenvalue weighted by atomic mass is 9.83. The molecule has 0 aliphatic carbocycles. The number of aryl methyl sites for hydroxylation is 1. The summed E-state index contributed by atoms with van der Waals surface area (Å²) >= 11 is 2.33. The second kappa shape index (κ2) is 10.1. The Hall–Kier alpha value is -3.37. The predicted octanol–water partition coefficient (Wildman–Crippen LogP) is 3.93. The molecule has 196 valence electrons. The highest BCUT2D eigenvalue weighted by Gasteiger charge is 2.56. The third kappa shape index (κ3) is 4.45. The molecule has 0 saturated carbocycles. The van der Waals surface area contributed by atoms with Crippen LogP contribution in [0.2, 0.25) is 0 Å². The molecule has 2 fully saturated rings. The van der Waals surface area contributed by atoms with Crippen molar-refractivity contribution in [3.63, 3.8) is 0 Å². The molecule has 6 rings (SSSR count). The Morgan fingerprint density at radius 1 is 1.03 bits per heavy atom. The van der Waals surface area contributed by atoms with Gasteiger partial charge in [0.1, 0.15) is 11.0 Å². The highest BCUT2D eigenvalue weighted by atomic mass is 32.2. The average Bonchev–Trinajstić information content (AvgIpc) is 3.42. The molecule has 4 heterocycles. The molecule has 3 aliphatic heterocycles. The number of benzene rings is 2. The zero-order chi connectivity index (χ0) is 26.4. The summed E-state index contributed by atoms with van der Waals surface area (Å²) in [6.07, 6.45) is 3.17. The van der Waals surface area contributed by atoms with Crippen molar-refractivity contribution in [1.82, 2.24) is 9.88 Å². The van der Waals surface area contributed by atoms with Crippen molar-refractivity contribution >= 4 is 46.5 Å². The number of carbonyl (C=O) groups excluding carboxylic acids is 3. The van der Waals surface area contributed by atoms with Crippen LogP contribution >= 0.6 is 23.1 Å². The molecule has 10 heteroatoms. The lowest BCUT2D eigenvalue weighted by Crippen LogP contribution is -2.38. The van der Waals surface area contributed by atoms with Gasteiger partial charge in [0, 0.05) is 23.9 Å². The fraction of sp³-hybridized carbons (Fsp3) is 0.357. The fourth-order valence-corrected chi connectivity index (χ4v) is 8.02. The zero-order valence-corrected chi connectivity index (χ0v) is 22.5. The second-order valence-electron chi connectivity index (χ2n) is 9.90. The minimum atomic E-state index is -0.669. The normalized spacial score (nSPS) is 22.8. The van der Waals surface area contributed by atoms with Gasteiger partial charge in [0.15, 0.2) is 6.61 Å². The van der Waals surface area contributed by atoms with Crippen molar-refractivity contribution in [3.05, 3.63) is 74.2 Å². The largest absolute Gasteiger partial charge is 0.484 e. The van der Waals surface area contributed by atoms with E-state index in [0.717, 1.165) is 59.7 Å². The lowest BCUT2D eigenvalue weighted by Gasteiger charge is -2.30. The van der Waals surface area contributed by atoms with Crippen LogP contribution in [0.15, 0.2) is 58.4 Å². The van der Waals surface area contributed by atoms with E-state index in [-0.39, 0.29) is 29.2 Å². The number of carbonyl (C=O) groups is 3. The number of thiazole rings is 1. The van der Waals surface area contributed by atoms with Crippen LogP contribution in [-0.2, 0) is 14.4 Å².